The maximum Gasteiger partial charge on any atom is -0.00208 e. The molecule has 0 aliphatic heterocycles. The summed E-state index contributed by atoms with van der Waals surface area (Å²) in [5.74, 6) is 2.71. The van der Waals surface area contributed by atoms with E-state index in [0.29, 0.717) is 0 Å². The molecular formula is C17H27N. The van der Waals surface area contributed by atoms with E-state index in [-0.39, 0.29) is 0 Å². The van der Waals surface area contributed by atoms with Gasteiger partial charge >= 0.3 is 0 Å². The van der Waals surface area contributed by atoms with Crippen molar-refractivity contribution in [2.75, 3.05) is 13.6 Å². The van der Waals surface area contributed by atoms with Crippen LogP contribution < -0.4 is 5.32 Å². The second-order valence-corrected chi connectivity index (χ2v) is 5.85. The van der Waals surface area contributed by atoms with Crippen LogP contribution in [0.25, 0.3) is 0 Å². The summed E-state index contributed by atoms with van der Waals surface area (Å²) in [5.41, 5.74) is 1.51. The Balaban J connectivity index is 2.00. The third-order valence-corrected chi connectivity index (χ3v) is 4.63. The molecule has 0 bridgehead atoms. The Hall–Kier alpha value is -0.820. The van der Waals surface area contributed by atoms with Crippen LogP contribution >= 0.6 is 0 Å². The highest BCUT2D eigenvalue weighted by Gasteiger charge is 2.29. The zero-order valence-corrected chi connectivity index (χ0v) is 11.9. The van der Waals surface area contributed by atoms with Gasteiger partial charge in [-0.05, 0) is 56.2 Å². The molecule has 1 aromatic rings. The van der Waals surface area contributed by atoms with Crippen molar-refractivity contribution >= 4 is 0 Å². The maximum absolute atomic E-state index is 3.39. The van der Waals surface area contributed by atoms with Crippen molar-refractivity contribution < 1.29 is 0 Å². The number of hydrogen-bond donors (Lipinski definition) is 1. The summed E-state index contributed by atoms with van der Waals surface area (Å²) in [6.45, 7) is 3.54. The minimum absolute atomic E-state index is 0.873. The molecule has 3 unspecified atom stereocenters. The number of nitrogens with one attached hydrogen (secondary N) is 1. The third-order valence-electron chi connectivity index (χ3n) is 4.63. The van der Waals surface area contributed by atoms with E-state index in [1.54, 1.807) is 0 Å². The van der Waals surface area contributed by atoms with Crippen molar-refractivity contribution in [2.45, 2.75) is 39.0 Å². The summed E-state index contributed by atoms with van der Waals surface area (Å²) in [5, 5.41) is 3.39. The fraction of sp³-hybridized carbons (Fsp3) is 0.647. The van der Waals surface area contributed by atoms with Crippen LogP contribution in [0.5, 0.6) is 0 Å². The van der Waals surface area contributed by atoms with Crippen molar-refractivity contribution in [1.29, 1.82) is 0 Å². The SMILES string of the molecule is CCC1CCC(CNC)C(Cc2ccccc2)C1. The Morgan fingerprint density at radius 1 is 1.11 bits per heavy atom. The maximum atomic E-state index is 3.39. The zero-order chi connectivity index (χ0) is 12.8. The first kappa shape index (κ1) is 13.6. The standard InChI is InChI=1S/C17H27N/c1-3-14-9-10-16(13-18-2)17(11-14)12-15-7-5-4-6-8-15/h4-8,14,16-18H,3,9-13H2,1-2H3. The van der Waals surface area contributed by atoms with Gasteiger partial charge in [0.1, 0.15) is 0 Å². The Labute approximate surface area is 112 Å². The first-order valence-corrected chi connectivity index (χ1v) is 7.52. The van der Waals surface area contributed by atoms with Gasteiger partial charge in [0.05, 0.1) is 0 Å². The molecule has 0 spiro atoms. The van der Waals surface area contributed by atoms with E-state index in [0.717, 1.165) is 17.8 Å². The van der Waals surface area contributed by atoms with E-state index in [2.05, 4.69) is 49.6 Å². The fourth-order valence-corrected chi connectivity index (χ4v) is 3.49. The van der Waals surface area contributed by atoms with Crippen LogP contribution in [-0.4, -0.2) is 13.6 Å². The number of benzene rings is 1. The average Bonchev–Trinajstić information content (AvgIpc) is 2.42. The van der Waals surface area contributed by atoms with Crippen LogP contribution in [-0.2, 0) is 6.42 Å². The molecule has 3 atom stereocenters. The van der Waals surface area contributed by atoms with Crippen molar-refractivity contribution in [2.24, 2.45) is 17.8 Å². The molecule has 1 fully saturated rings. The van der Waals surface area contributed by atoms with Gasteiger partial charge in [-0.1, -0.05) is 50.1 Å². The van der Waals surface area contributed by atoms with E-state index < -0.39 is 0 Å². The molecule has 0 amide bonds. The van der Waals surface area contributed by atoms with E-state index in [4.69, 9.17) is 0 Å². The quantitative estimate of drug-likeness (QED) is 0.830. The highest BCUT2D eigenvalue weighted by atomic mass is 14.8. The molecule has 1 saturated carbocycles. The predicted molar refractivity (Wildman–Crippen MR) is 78.7 cm³/mol. The summed E-state index contributed by atoms with van der Waals surface area (Å²) in [7, 11) is 2.09. The molecule has 0 radical (unpaired) electrons. The number of hydrogen-bond acceptors (Lipinski definition) is 1. The van der Waals surface area contributed by atoms with Crippen molar-refractivity contribution in [3.63, 3.8) is 0 Å². The van der Waals surface area contributed by atoms with Gasteiger partial charge in [0, 0.05) is 0 Å². The van der Waals surface area contributed by atoms with Gasteiger partial charge in [0.15, 0.2) is 0 Å². The van der Waals surface area contributed by atoms with Gasteiger partial charge in [-0.25, -0.2) is 0 Å². The van der Waals surface area contributed by atoms with E-state index in [9.17, 15) is 0 Å². The van der Waals surface area contributed by atoms with Crippen LogP contribution in [0.2, 0.25) is 0 Å². The first-order valence-electron chi connectivity index (χ1n) is 7.52. The Morgan fingerprint density at radius 2 is 1.89 bits per heavy atom. The minimum atomic E-state index is 0.873. The molecule has 0 heterocycles. The summed E-state index contributed by atoms with van der Waals surface area (Å²) in [6, 6.07) is 11.0. The van der Waals surface area contributed by atoms with Gasteiger partial charge in [0.25, 0.3) is 0 Å². The molecule has 1 N–H and O–H groups in total. The van der Waals surface area contributed by atoms with Crippen molar-refractivity contribution in [3.05, 3.63) is 35.9 Å². The average molecular weight is 245 g/mol. The summed E-state index contributed by atoms with van der Waals surface area (Å²) < 4.78 is 0. The van der Waals surface area contributed by atoms with Crippen molar-refractivity contribution in [3.8, 4) is 0 Å². The molecule has 18 heavy (non-hydrogen) atoms. The lowest BCUT2D eigenvalue weighted by molar-refractivity contribution is 0.173. The van der Waals surface area contributed by atoms with E-state index >= 15 is 0 Å². The summed E-state index contributed by atoms with van der Waals surface area (Å²) in [4.78, 5) is 0. The molecule has 0 saturated heterocycles. The monoisotopic (exact) mass is 245 g/mol. The van der Waals surface area contributed by atoms with Crippen LogP contribution in [0.1, 0.15) is 38.2 Å². The smallest absolute Gasteiger partial charge is 0.00208 e. The summed E-state index contributed by atoms with van der Waals surface area (Å²) >= 11 is 0. The first-order chi connectivity index (χ1) is 8.83. The molecule has 0 aromatic heterocycles. The van der Waals surface area contributed by atoms with Crippen LogP contribution in [0, 0.1) is 17.8 Å². The summed E-state index contributed by atoms with van der Waals surface area (Å²) in [6.07, 6.45) is 6.91. The van der Waals surface area contributed by atoms with Gasteiger partial charge in [-0.3, -0.25) is 0 Å². The highest BCUT2D eigenvalue weighted by molar-refractivity contribution is 5.15. The predicted octanol–water partition coefficient (Wildman–Crippen LogP) is 3.89. The molecule has 1 aliphatic carbocycles. The fourth-order valence-electron chi connectivity index (χ4n) is 3.49. The molecule has 100 valence electrons. The van der Waals surface area contributed by atoms with Gasteiger partial charge < -0.3 is 5.32 Å². The Kier molecular flexibility index (Phi) is 5.25. The van der Waals surface area contributed by atoms with E-state index in [1.807, 2.05) is 0 Å². The number of rotatable bonds is 5. The molecule has 1 aliphatic rings. The molecule has 1 aromatic carbocycles. The van der Waals surface area contributed by atoms with Crippen molar-refractivity contribution in [1.82, 2.24) is 5.32 Å². The van der Waals surface area contributed by atoms with E-state index in [1.165, 1.54) is 44.2 Å². The van der Waals surface area contributed by atoms with Gasteiger partial charge in [0.2, 0.25) is 0 Å². The van der Waals surface area contributed by atoms with Crippen LogP contribution in [0.15, 0.2) is 30.3 Å². The molecule has 2 rings (SSSR count). The lowest BCUT2D eigenvalue weighted by atomic mass is 9.71. The van der Waals surface area contributed by atoms with Crippen LogP contribution in [0.3, 0.4) is 0 Å². The Bertz CT molecular complexity index is 333. The van der Waals surface area contributed by atoms with Gasteiger partial charge in [-0.15, -0.1) is 0 Å². The topological polar surface area (TPSA) is 12.0 Å². The van der Waals surface area contributed by atoms with Gasteiger partial charge in [-0.2, -0.15) is 0 Å². The molecular weight excluding hydrogens is 218 g/mol. The lowest BCUT2D eigenvalue weighted by Crippen LogP contribution is -2.32. The highest BCUT2D eigenvalue weighted by Crippen LogP contribution is 2.37. The van der Waals surface area contributed by atoms with Crippen LogP contribution in [0.4, 0.5) is 0 Å². The molecule has 1 nitrogen and oxygen atoms in total. The molecule has 1 heteroatoms. The normalized spacial score (nSPS) is 28.2. The zero-order valence-electron chi connectivity index (χ0n) is 11.9. The Morgan fingerprint density at radius 3 is 2.56 bits per heavy atom. The second-order valence-electron chi connectivity index (χ2n) is 5.85. The second kappa shape index (κ2) is 6.94. The largest absolute Gasteiger partial charge is 0.319 e. The lowest BCUT2D eigenvalue weighted by Gasteiger charge is -2.36. The minimum Gasteiger partial charge on any atom is -0.319 e. The third kappa shape index (κ3) is 3.58.